The molecule has 1 aliphatic carbocycles. The average Bonchev–Trinajstić information content (AvgIpc) is 2.86. The van der Waals surface area contributed by atoms with Gasteiger partial charge in [-0.25, -0.2) is 9.18 Å². The summed E-state index contributed by atoms with van der Waals surface area (Å²) in [5, 5.41) is 16.3. The maximum absolute atomic E-state index is 12.9. The van der Waals surface area contributed by atoms with E-state index in [1.807, 2.05) is 0 Å². The Bertz CT molecular complexity index is 823. The highest BCUT2D eigenvalue weighted by Gasteiger charge is 2.35. The van der Waals surface area contributed by atoms with Crippen LogP contribution in [0.1, 0.15) is 30.0 Å². The third-order valence-electron chi connectivity index (χ3n) is 4.37. The van der Waals surface area contributed by atoms with Crippen LogP contribution in [0.4, 0.5) is 14.9 Å². The Hall–Kier alpha value is -1.82. The minimum absolute atomic E-state index is 0.237. The number of anilines is 1. The van der Waals surface area contributed by atoms with Crippen molar-refractivity contribution >= 4 is 34.9 Å². The fourth-order valence-corrected chi connectivity index (χ4v) is 3.59. The highest BCUT2D eigenvalue weighted by Crippen LogP contribution is 2.45. The van der Waals surface area contributed by atoms with E-state index in [0.29, 0.717) is 29.1 Å². The third kappa shape index (κ3) is 3.73. The van der Waals surface area contributed by atoms with Gasteiger partial charge in [0.15, 0.2) is 0 Å². The van der Waals surface area contributed by atoms with Gasteiger partial charge in [0.1, 0.15) is 5.82 Å². The second kappa shape index (κ2) is 6.83. The average molecular weight is 383 g/mol. The summed E-state index contributed by atoms with van der Waals surface area (Å²) < 4.78 is 12.9. The molecular weight excluding hydrogens is 366 g/mol. The standard InChI is InChI=1S/C18H17Cl2FN2O2/c1-18(25)7-6-12-13(18)8-14(19)16(15(12)20)23-17(24)22-9-10-2-4-11(21)5-3-10/h2-5,8,25H,6-7,9H2,1H3,(H2,22,23,24). The van der Waals surface area contributed by atoms with Crippen LogP contribution < -0.4 is 10.6 Å². The molecule has 0 aliphatic heterocycles. The Kier molecular flexibility index (Phi) is 4.91. The summed E-state index contributed by atoms with van der Waals surface area (Å²) in [4.78, 5) is 12.1. The number of carbonyl (C=O) groups is 1. The smallest absolute Gasteiger partial charge is 0.319 e. The number of hydrogen-bond acceptors (Lipinski definition) is 2. The first-order chi connectivity index (χ1) is 11.8. The van der Waals surface area contributed by atoms with Gasteiger partial charge in [0.05, 0.1) is 21.3 Å². The highest BCUT2D eigenvalue weighted by atomic mass is 35.5. The minimum atomic E-state index is -0.966. The van der Waals surface area contributed by atoms with Crippen molar-refractivity contribution in [1.29, 1.82) is 0 Å². The SMILES string of the molecule is CC1(O)CCc2c1cc(Cl)c(NC(=O)NCc1ccc(F)cc1)c2Cl. The number of rotatable bonds is 3. The van der Waals surface area contributed by atoms with E-state index in [-0.39, 0.29) is 17.4 Å². The molecule has 0 heterocycles. The van der Waals surface area contributed by atoms with E-state index >= 15 is 0 Å². The summed E-state index contributed by atoms with van der Waals surface area (Å²) in [7, 11) is 0. The van der Waals surface area contributed by atoms with Crippen molar-refractivity contribution in [2.45, 2.75) is 31.9 Å². The number of amides is 2. The molecule has 0 saturated heterocycles. The van der Waals surface area contributed by atoms with E-state index in [4.69, 9.17) is 23.2 Å². The van der Waals surface area contributed by atoms with Crippen molar-refractivity contribution in [3.8, 4) is 0 Å². The van der Waals surface area contributed by atoms with Crippen LogP contribution >= 0.6 is 23.2 Å². The summed E-state index contributed by atoms with van der Waals surface area (Å²) in [6, 6.07) is 7.01. The molecule has 0 bridgehead atoms. The Morgan fingerprint density at radius 2 is 2.00 bits per heavy atom. The van der Waals surface area contributed by atoms with Gasteiger partial charge in [-0.05, 0) is 54.7 Å². The van der Waals surface area contributed by atoms with Crippen LogP contribution in [-0.2, 0) is 18.6 Å². The number of hydrogen-bond donors (Lipinski definition) is 3. The molecular formula is C18H17Cl2FN2O2. The van der Waals surface area contributed by atoms with E-state index in [0.717, 1.165) is 11.1 Å². The first kappa shape index (κ1) is 18.0. The molecule has 2 aromatic carbocycles. The van der Waals surface area contributed by atoms with E-state index in [2.05, 4.69) is 10.6 Å². The van der Waals surface area contributed by atoms with Crippen molar-refractivity contribution in [3.63, 3.8) is 0 Å². The quantitative estimate of drug-likeness (QED) is 0.725. The summed E-state index contributed by atoms with van der Waals surface area (Å²) in [6.07, 6.45) is 1.17. The third-order valence-corrected chi connectivity index (χ3v) is 5.08. The van der Waals surface area contributed by atoms with E-state index in [9.17, 15) is 14.3 Å². The van der Waals surface area contributed by atoms with Crippen molar-refractivity contribution in [1.82, 2.24) is 5.32 Å². The predicted molar refractivity (Wildman–Crippen MR) is 96.6 cm³/mol. The van der Waals surface area contributed by atoms with Gasteiger partial charge >= 0.3 is 6.03 Å². The molecule has 0 fully saturated rings. The monoisotopic (exact) mass is 382 g/mol. The van der Waals surface area contributed by atoms with Crippen LogP contribution in [0.3, 0.4) is 0 Å². The number of nitrogens with one attached hydrogen (secondary N) is 2. The van der Waals surface area contributed by atoms with Crippen LogP contribution in [0.25, 0.3) is 0 Å². The van der Waals surface area contributed by atoms with Gasteiger partial charge in [-0.3, -0.25) is 0 Å². The van der Waals surface area contributed by atoms with Crippen molar-refractivity contribution in [2.75, 3.05) is 5.32 Å². The van der Waals surface area contributed by atoms with Crippen LogP contribution in [0, 0.1) is 5.82 Å². The molecule has 1 aliphatic rings. The molecule has 7 heteroatoms. The zero-order chi connectivity index (χ0) is 18.2. The zero-order valence-electron chi connectivity index (χ0n) is 13.5. The highest BCUT2D eigenvalue weighted by molar-refractivity contribution is 6.40. The lowest BCUT2D eigenvalue weighted by molar-refractivity contribution is 0.0595. The van der Waals surface area contributed by atoms with Gasteiger partial charge in [-0.1, -0.05) is 35.3 Å². The fourth-order valence-electron chi connectivity index (χ4n) is 2.94. The maximum atomic E-state index is 12.9. The maximum Gasteiger partial charge on any atom is 0.319 e. The number of aliphatic hydroxyl groups is 1. The van der Waals surface area contributed by atoms with Gasteiger partial charge in [-0.15, -0.1) is 0 Å². The molecule has 4 nitrogen and oxygen atoms in total. The predicted octanol–water partition coefficient (Wildman–Crippen LogP) is 4.61. The molecule has 0 aromatic heterocycles. The van der Waals surface area contributed by atoms with Gasteiger partial charge in [0.25, 0.3) is 0 Å². The number of benzene rings is 2. The first-order valence-corrected chi connectivity index (χ1v) is 8.56. The van der Waals surface area contributed by atoms with E-state index in [1.54, 1.807) is 25.1 Å². The topological polar surface area (TPSA) is 61.4 Å². The molecule has 1 unspecified atom stereocenters. The number of halogens is 3. The fraction of sp³-hybridized carbons (Fsp3) is 0.278. The zero-order valence-corrected chi connectivity index (χ0v) is 15.0. The second-order valence-electron chi connectivity index (χ2n) is 6.28. The summed E-state index contributed by atoms with van der Waals surface area (Å²) in [6.45, 7) is 1.95. The Morgan fingerprint density at radius 3 is 2.68 bits per heavy atom. The minimum Gasteiger partial charge on any atom is -0.385 e. The molecule has 0 spiro atoms. The number of urea groups is 1. The Balaban J connectivity index is 1.72. The molecule has 1 atom stereocenters. The largest absolute Gasteiger partial charge is 0.385 e. The lowest BCUT2D eigenvalue weighted by Gasteiger charge is -2.20. The second-order valence-corrected chi connectivity index (χ2v) is 7.07. The summed E-state index contributed by atoms with van der Waals surface area (Å²) in [5.74, 6) is -0.333. The first-order valence-electron chi connectivity index (χ1n) is 7.81. The molecule has 0 saturated carbocycles. The Morgan fingerprint density at radius 1 is 1.32 bits per heavy atom. The van der Waals surface area contributed by atoms with Crippen LogP contribution in [0.5, 0.6) is 0 Å². The molecule has 2 aromatic rings. The normalized spacial score (nSPS) is 18.8. The van der Waals surface area contributed by atoms with Crippen LogP contribution in [0.15, 0.2) is 30.3 Å². The van der Waals surface area contributed by atoms with Gasteiger partial charge in [0, 0.05) is 6.54 Å². The molecule has 3 rings (SSSR count). The molecule has 132 valence electrons. The lowest BCUT2D eigenvalue weighted by atomic mass is 9.98. The van der Waals surface area contributed by atoms with Gasteiger partial charge < -0.3 is 15.7 Å². The van der Waals surface area contributed by atoms with Crippen LogP contribution in [0.2, 0.25) is 10.0 Å². The Labute approximate surface area is 154 Å². The molecule has 25 heavy (non-hydrogen) atoms. The number of carbonyl (C=O) groups excluding carboxylic acids is 1. The van der Waals surface area contributed by atoms with Crippen molar-refractivity contribution in [2.24, 2.45) is 0 Å². The van der Waals surface area contributed by atoms with Crippen molar-refractivity contribution < 1.29 is 14.3 Å². The number of fused-ring (bicyclic) bond motifs is 1. The van der Waals surface area contributed by atoms with Crippen molar-refractivity contribution in [3.05, 3.63) is 62.9 Å². The van der Waals surface area contributed by atoms with E-state index < -0.39 is 11.6 Å². The molecule has 0 radical (unpaired) electrons. The molecule has 2 amide bonds. The lowest BCUT2D eigenvalue weighted by Crippen LogP contribution is -2.28. The van der Waals surface area contributed by atoms with E-state index in [1.165, 1.54) is 12.1 Å². The molecule has 3 N–H and O–H groups in total. The summed E-state index contributed by atoms with van der Waals surface area (Å²) >= 11 is 12.6. The summed E-state index contributed by atoms with van der Waals surface area (Å²) in [5.41, 5.74) is 1.60. The van der Waals surface area contributed by atoms with Gasteiger partial charge in [0.2, 0.25) is 0 Å². The van der Waals surface area contributed by atoms with Gasteiger partial charge in [-0.2, -0.15) is 0 Å². The van der Waals surface area contributed by atoms with Crippen LogP contribution in [-0.4, -0.2) is 11.1 Å².